The first kappa shape index (κ1) is 17.3. The summed E-state index contributed by atoms with van der Waals surface area (Å²) in [4.78, 5) is 12.9. The van der Waals surface area contributed by atoms with E-state index >= 15 is 0 Å². The summed E-state index contributed by atoms with van der Waals surface area (Å²) >= 11 is 4.48. The Morgan fingerprint density at radius 2 is 1.32 bits per heavy atom. The number of rotatable bonds is 5. The zero-order chi connectivity index (χ0) is 17.9. The van der Waals surface area contributed by atoms with E-state index in [1.165, 1.54) is 0 Å². The monoisotopic (exact) mass is 348 g/mol. The fraction of sp³-hybridized carbons (Fsp3) is 0.136. The third kappa shape index (κ3) is 3.08. The number of hydrogen-bond donors (Lipinski definition) is 2. The van der Waals surface area contributed by atoms with E-state index in [4.69, 9.17) is 0 Å². The highest BCUT2D eigenvalue weighted by Crippen LogP contribution is 2.45. The Balaban J connectivity index is 2.42. The van der Waals surface area contributed by atoms with E-state index in [-0.39, 0.29) is 0 Å². The second-order valence-corrected chi connectivity index (χ2v) is 6.67. The van der Waals surface area contributed by atoms with Crippen LogP contribution in [-0.4, -0.2) is 11.1 Å². The van der Waals surface area contributed by atoms with Gasteiger partial charge in [0.2, 0.25) is 0 Å². The van der Waals surface area contributed by atoms with Crippen molar-refractivity contribution in [3.05, 3.63) is 102 Å². The third-order valence-electron chi connectivity index (χ3n) is 4.78. The molecule has 3 aromatic carbocycles. The van der Waals surface area contributed by atoms with Crippen molar-refractivity contribution in [3.63, 3.8) is 0 Å². The minimum Gasteiger partial charge on any atom is -0.481 e. The van der Waals surface area contributed by atoms with Gasteiger partial charge in [0.15, 0.2) is 0 Å². The van der Waals surface area contributed by atoms with E-state index in [2.05, 4.69) is 12.6 Å². The molecule has 1 unspecified atom stereocenters. The standard InChI is InChI=1S/C22H20O2S/c1-16(21(23)24)22(17-9-4-2-5-10-17,18-11-6-3-7-12-18)19-13-8-14-20(25)15-19/h2-16,25H,1H3,(H,23,24). The minimum atomic E-state index is -0.836. The van der Waals surface area contributed by atoms with Crippen molar-refractivity contribution in [2.45, 2.75) is 17.2 Å². The highest BCUT2D eigenvalue weighted by molar-refractivity contribution is 7.80. The Kier molecular flexibility index (Phi) is 4.95. The molecular weight excluding hydrogens is 328 g/mol. The first-order valence-electron chi connectivity index (χ1n) is 8.20. The maximum absolute atomic E-state index is 12.1. The first-order chi connectivity index (χ1) is 12.1. The lowest BCUT2D eigenvalue weighted by Gasteiger charge is -2.39. The number of carbonyl (C=O) groups is 1. The Morgan fingerprint density at radius 3 is 1.76 bits per heavy atom. The lowest BCUT2D eigenvalue weighted by molar-refractivity contribution is -0.142. The molecule has 0 bridgehead atoms. The van der Waals surface area contributed by atoms with Crippen LogP contribution in [-0.2, 0) is 10.2 Å². The minimum absolute atomic E-state index is 0.660. The van der Waals surface area contributed by atoms with E-state index in [9.17, 15) is 9.90 Å². The van der Waals surface area contributed by atoms with Crippen LogP contribution in [0.15, 0.2) is 89.8 Å². The van der Waals surface area contributed by atoms with Gasteiger partial charge in [0.05, 0.1) is 11.3 Å². The van der Waals surface area contributed by atoms with Gasteiger partial charge in [-0.1, -0.05) is 79.7 Å². The van der Waals surface area contributed by atoms with Gasteiger partial charge < -0.3 is 5.11 Å². The quantitative estimate of drug-likeness (QED) is 0.501. The SMILES string of the molecule is CC(C(=O)O)C(c1ccccc1)(c1ccccc1)c1cccc(S)c1. The van der Waals surface area contributed by atoms with E-state index < -0.39 is 17.3 Å². The second-order valence-electron chi connectivity index (χ2n) is 6.15. The van der Waals surface area contributed by atoms with E-state index in [0.717, 1.165) is 21.6 Å². The molecule has 2 nitrogen and oxygen atoms in total. The molecule has 0 aliphatic carbocycles. The number of aliphatic carboxylic acids is 1. The van der Waals surface area contributed by atoms with Crippen molar-refractivity contribution < 1.29 is 9.90 Å². The zero-order valence-electron chi connectivity index (χ0n) is 14.0. The highest BCUT2D eigenvalue weighted by atomic mass is 32.1. The summed E-state index contributed by atoms with van der Waals surface area (Å²) in [6, 6.07) is 27.5. The van der Waals surface area contributed by atoms with Crippen molar-refractivity contribution >= 4 is 18.6 Å². The fourth-order valence-electron chi connectivity index (χ4n) is 3.59. The molecule has 0 radical (unpaired) electrons. The van der Waals surface area contributed by atoms with Crippen molar-refractivity contribution in [1.29, 1.82) is 0 Å². The van der Waals surface area contributed by atoms with Crippen molar-refractivity contribution in [2.24, 2.45) is 5.92 Å². The van der Waals surface area contributed by atoms with Gasteiger partial charge in [-0.15, -0.1) is 12.6 Å². The Morgan fingerprint density at radius 1 is 0.840 bits per heavy atom. The predicted molar refractivity (Wildman–Crippen MR) is 103 cm³/mol. The molecule has 0 spiro atoms. The molecule has 0 saturated carbocycles. The molecule has 0 heterocycles. The highest BCUT2D eigenvalue weighted by Gasteiger charge is 2.45. The zero-order valence-corrected chi connectivity index (χ0v) is 14.9. The van der Waals surface area contributed by atoms with Crippen molar-refractivity contribution in [3.8, 4) is 0 Å². The van der Waals surface area contributed by atoms with Gasteiger partial charge in [-0.25, -0.2) is 0 Å². The van der Waals surface area contributed by atoms with Crippen LogP contribution in [0.25, 0.3) is 0 Å². The number of benzene rings is 3. The molecule has 1 N–H and O–H groups in total. The largest absolute Gasteiger partial charge is 0.481 e. The maximum Gasteiger partial charge on any atom is 0.307 e. The first-order valence-corrected chi connectivity index (χ1v) is 8.65. The summed E-state index contributed by atoms with van der Waals surface area (Å²) < 4.78 is 0. The molecule has 0 fully saturated rings. The van der Waals surface area contributed by atoms with Crippen LogP contribution in [0, 0.1) is 5.92 Å². The van der Waals surface area contributed by atoms with Gasteiger partial charge in [0.25, 0.3) is 0 Å². The molecule has 0 aromatic heterocycles. The molecule has 0 aliphatic heterocycles. The van der Waals surface area contributed by atoms with Crippen LogP contribution in [0.1, 0.15) is 23.6 Å². The average Bonchev–Trinajstić information content (AvgIpc) is 2.64. The van der Waals surface area contributed by atoms with Crippen LogP contribution in [0.5, 0.6) is 0 Å². The van der Waals surface area contributed by atoms with E-state index in [1.54, 1.807) is 6.92 Å². The molecule has 3 heteroatoms. The van der Waals surface area contributed by atoms with Gasteiger partial charge in [-0.3, -0.25) is 4.79 Å². The van der Waals surface area contributed by atoms with E-state index in [0.29, 0.717) is 0 Å². The molecule has 0 amide bonds. The summed E-state index contributed by atoms with van der Waals surface area (Å²) in [6.45, 7) is 1.77. The van der Waals surface area contributed by atoms with Crippen LogP contribution in [0.4, 0.5) is 0 Å². The van der Waals surface area contributed by atoms with Crippen LogP contribution >= 0.6 is 12.6 Å². The van der Waals surface area contributed by atoms with E-state index in [1.807, 2.05) is 84.9 Å². The lowest BCUT2D eigenvalue weighted by atomic mass is 9.62. The summed E-state index contributed by atoms with van der Waals surface area (Å²) in [5, 5.41) is 9.95. The summed E-state index contributed by atoms with van der Waals surface area (Å²) in [5.74, 6) is -1.50. The molecule has 1 atom stereocenters. The predicted octanol–water partition coefficient (Wildman–Crippen LogP) is 5.03. The maximum atomic E-state index is 12.1. The Bertz CT molecular complexity index is 820. The van der Waals surface area contributed by atoms with Crippen LogP contribution in [0.3, 0.4) is 0 Å². The number of hydrogen-bond acceptors (Lipinski definition) is 2. The topological polar surface area (TPSA) is 37.3 Å². The Labute approximate surface area is 153 Å². The van der Waals surface area contributed by atoms with Crippen LogP contribution in [0.2, 0.25) is 0 Å². The molecule has 25 heavy (non-hydrogen) atoms. The van der Waals surface area contributed by atoms with Crippen molar-refractivity contribution in [2.75, 3.05) is 0 Å². The smallest absolute Gasteiger partial charge is 0.307 e. The van der Waals surface area contributed by atoms with Crippen LogP contribution < -0.4 is 0 Å². The van der Waals surface area contributed by atoms with Gasteiger partial charge in [-0.2, -0.15) is 0 Å². The number of carboxylic acid groups (broad SMARTS) is 1. The van der Waals surface area contributed by atoms with Gasteiger partial charge in [0.1, 0.15) is 0 Å². The fourth-order valence-corrected chi connectivity index (χ4v) is 3.81. The molecule has 126 valence electrons. The lowest BCUT2D eigenvalue weighted by Crippen LogP contribution is -2.40. The summed E-state index contributed by atoms with van der Waals surface area (Å²) in [5.41, 5.74) is 2.03. The van der Waals surface area contributed by atoms with Gasteiger partial charge >= 0.3 is 5.97 Å². The number of carboxylic acids is 1. The normalized spacial score (nSPS) is 12.6. The third-order valence-corrected chi connectivity index (χ3v) is 5.06. The average molecular weight is 348 g/mol. The summed E-state index contributed by atoms with van der Waals surface area (Å²) in [7, 11) is 0. The number of thiol groups is 1. The van der Waals surface area contributed by atoms with Gasteiger partial charge in [0, 0.05) is 4.90 Å². The molecular formula is C22H20O2S. The second kappa shape index (κ2) is 7.16. The van der Waals surface area contributed by atoms with Gasteiger partial charge in [-0.05, 0) is 28.8 Å². The summed E-state index contributed by atoms with van der Waals surface area (Å²) in [6.07, 6.45) is 0. The molecule has 3 rings (SSSR count). The molecule has 0 aliphatic rings. The molecule has 0 saturated heterocycles. The van der Waals surface area contributed by atoms with Crippen molar-refractivity contribution in [1.82, 2.24) is 0 Å². The molecule has 3 aromatic rings. The Hall–Kier alpha value is -2.52.